The lowest BCUT2D eigenvalue weighted by Gasteiger charge is -2.19. The number of anilines is 1. The van der Waals surface area contributed by atoms with Crippen LogP contribution in [0, 0.1) is 0 Å². The molecule has 4 heterocycles. The Kier molecular flexibility index (Phi) is 4.86. The molecule has 9 nitrogen and oxygen atoms in total. The minimum atomic E-state index is -0.521. The molecule has 156 valence electrons. The predicted molar refractivity (Wildman–Crippen MR) is 110 cm³/mol. The molecule has 0 spiro atoms. The van der Waals surface area contributed by atoms with Gasteiger partial charge in [0.1, 0.15) is 24.8 Å². The minimum absolute atomic E-state index is 0.0464. The van der Waals surface area contributed by atoms with Crippen LogP contribution in [-0.4, -0.2) is 57.6 Å². The zero-order chi connectivity index (χ0) is 20.5. The zero-order valence-electron chi connectivity index (χ0n) is 16.6. The van der Waals surface area contributed by atoms with Gasteiger partial charge in [0.15, 0.2) is 5.58 Å². The van der Waals surface area contributed by atoms with E-state index in [4.69, 9.17) is 9.15 Å². The van der Waals surface area contributed by atoms with Gasteiger partial charge in [0.2, 0.25) is 11.8 Å². The SMILES string of the molecule is O=C(Cn1c(=O)oc2ccccc21)N1CCC(Oc2cc(N3CCCC3)ncn2)C1. The second-order valence-corrected chi connectivity index (χ2v) is 7.70. The number of likely N-dealkylation sites (tertiary alicyclic amines) is 1. The molecule has 0 radical (unpaired) electrons. The fourth-order valence-corrected chi connectivity index (χ4v) is 4.13. The Hall–Kier alpha value is -3.36. The summed E-state index contributed by atoms with van der Waals surface area (Å²) in [7, 11) is 0. The molecule has 2 aliphatic heterocycles. The van der Waals surface area contributed by atoms with E-state index >= 15 is 0 Å². The fourth-order valence-electron chi connectivity index (χ4n) is 4.13. The molecular formula is C21H23N5O4. The van der Waals surface area contributed by atoms with Crippen LogP contribution in [0.25, 0.3) is 11.1 Å². The normalized spacial score (nSPS) is 19.0. The quantitative estimate of drug-likeness (QED) is 0.633. The number of fused-ring (bicyclic) bond motifs is 1. The first kappa shape index (κ1) is 18.7. The van der Waals surface area contributed by atoms with Crippen LogP contribution < -0.4 is 15.4 Å². The number of carbonyl (C=O) groups excluding carboxylic acids is 1. The highest BCUT2D eigenvalue weighted by Gasteiger charge is 2.29. The number of oxazole rings is 1. The third kappa shape index (κ3) is 3.62. The van der Waals surface area contributed by atoms with E-state index < -0.39 is 5.76 Å². The van der Waals surface area contributed by atoms with E-state index in [1.54, 1.807) is 23.1 Å². The van der Waals surface area contributed by atoms with Gasteiger partial charge in [0.25, 0.3) is 0 Å². The first-order valence-corrected chi connectivity index (χ1v) is 10.3. The molecule has 2 fully saturated rings. The number of ether oxygens (including phenoxy) is 1. The standard InChI is InChI=1S/C21H23N5O4/c27-20(13-26-16-5-1-2-6-17(16)30-21(26)28)25-10-7-15(12-25)29-19-11-18(22-14-23-19)24-8-3-4-9-24/h1-2,5-6,11,14-15H,3-4,7-10,12-13H2. The molecule has 1 atom stereocenters. The van der Waals surface area contributed by atoms with Crippen molar-refractivity contribution in [3.05, 3.63) is 47.2 Å². The van der Waals surface area contributed by atoms with Gasteiger partial charge in [-0.25, -0.2) is 14.8 Å². The van der Waals surface area contributed by atoms with E-state index in [0.717, 1.165) is 25.3 Å². The summed E-state index contributed by atoms with van der Waals surface area (Å²) in [4.78, 5) is 37.4. The summed E-state index contributed by atoms with van der Waals surface area (Å²) in [6.45, 7) is 3.01. The maximum absolute atomic E-state index is 12.8. The number of nitrogens with zero attached hydrogens (tertiary/aromatic N) is 5. The zero-order valence-corrected chi connectivity index (χ0v) is 16.6. The van der Waals surface area contributed by atoms with E-state index in [0.29, 0.717) is 30.1 Å². The van der Waals surface area contributed by atoms with Gasteiger partial charge in [-0.15, -0.1) is 0 Å². The van der Waals surface area contributed by atoms with Crippen molar-refractivity contribution in [3.63, 3.8) is 0 Å². The van der Waals surface area contributed by atoms with Crippen LogP contribution in [0.1, 0.15) is 19.3 Å². The van der Waals surface area contributed by atoms with E-state index in [1.807, 2.05) is 12.1 Å². The molecule has 9 heteroatoms. The largest absolute Gasteiger partial charge is 0.472 e. The lowest BCUT2D eigenvalue weighted by atomic mass is 10.3. The van der Waals surface area contributed by atoms with Crippen molar-refractivity contribution < 1.29 is 13.9 Å². The van der Waals surface area contributed by atoms with Gasteiger partial charge in [0.05, 0.1) is 12.1 Å². The van der Waals surface area contributed by atoms with Gasteiger partial charge >= 0.3 is 5.76 Å². The Balaban J connectivity index is 1.22. The molecule has 0 aliphatic carbocycles. The summed E-state index contributed by atoms with van der Waals surface area (Å²) in [5, 5.41) is 0. The number of hydrogen-bond acceptors (Lipinski definition) is 7. The van der Waals surface area contributed by atoms with Crippen LogP contribution in [0.5, 0.6) is 5.88 Å². The molecule has 1 unspecified atom stereocenters. The summed E-state index contributed by atoms with van der Waals surface area (Å²) < 4.78 is 12.6. The van der Waals surface area contributed by atoms with Crippen LogP contribution in [0.4, 0.5) is 5.82 Å². The lowest BCUT2D eigenvalue weighted by molar-refractivity contribution is -0.131. The van der Waals surface area contributed by atoms with Gasteiger partial charge in [-0.05, 0) is 25.0 Å². The van der Waals surface area contributed by atoms with Gasteiger partial charge < -0.3 is 19.0 Å². The van der Waals surface area contributed by atoms with Crippen molar-refractivity contribution in [2.24, 2.45) is 0 Å². The average molecular weight is 409 g/mol. The molecule has 0 N–H and O–H groups in total. The van der Waals surface area contributed by atoms with Crippen LogP contribution in [0.2, 0.25) is 0 Å². The average Bonchev–Trinajstić information content (AvgIpc) is 3.50. The summed E-state index contributed by atoms with van der Waals surface area (Å²) in [5.41, 5.74) is 1.11. The van der Waals surface area contributed by atoms with E-state index in [9.17, 15) is 9.59 Å². The van der Waals surface area contributed by atoms with Crippen LogP contribution in [0.15, 0.2) is 45.9 Å². The van der Waals surface area contributed by atoms with Gasteiger partial charge in [0, 0.05) is 32.1 Å². The molecule has 2 aliphatic rings. The van der Waals surface area contributed by atoms with Crippen molar-refractivity contribution in [1.29, 1.82) is 0 Å². The monoisotopic (exact) mass is 409 g/mol. The third-order valence-electron chi connectivity index (χ3n) is 5.71. The minimum Gasteiger partial charge on any atom is -0.472 e. The van der Waals surface area contributed by atoms with Crippen molar-refractivity contribution in [2.75, 3.05) is 31.1 Å². The lowest BCUT2D eigenvalue weighted by Crippen LogP contribution is -2.35. The Morgan fingerprint density at radius 1 is 1.17 bits per heavy atom. The number of benzene rings is 1. The molecule has 2 aromatic heterocycles. The van der Waals surface area contributed by atoms with Crippen molar-refractivity contribution >= 4 is 22.8 Å². The number of carbonyl (C=O) groups is 1. The highest BCUT2D eigenvalue weighted by molar-refractivity contribution is 5.79. The second kappa shape index (κ2) is 7.81. The predicted octanol–water partition coefficient (Wildman–Crippen LogP) is 1.66. The maximum atomic E-state index is 12.8. The van der Waals surface area contributed by atoms with E-state index in [1.165, 1.54) is 23.7 Å². The number of para-hydroxylation sites is 2. The Bertz CT molecular complexity index is 1120. The Morgan fingerprint density at radius 3 is 2.87 bits per heavy atom. The number of hydrogen-bond donors (Lipinski definition) is 0. The molecule has 1 amide bonds. The number of rotatable bonds is 5. The molecule has 0 bridgehead atoms. The summed E-state index contributed by atoms with van der Waals surface area (Å²) >= 11 is 0. The smallest absolute Gasteiger partial charge is 0.420 e. The number of aromatic nitrogens is 3. The van der Waals surface area contributed by atoms with E-state index in [2.05, 4.69) is 14.9 Å². The maximum Gasteiger partial charge on any atom is 0.420 e. The highest BCUT2D eigenvalue weighted by atomic mass is 16.5. The van der Waals surface area contributed by atoms with Gasteiger partial charge in [-0.1, -0.05) is 12.1 Å². The molecular weight excluding hydrogens is 386 g/mol. The molecule has 0 saturated carbocycles. The van der Waals surface area contributed by atoms with Crippen molar-refractivity contribution in [1.82, 2.24) is 19.4 Å². The first-order chi connectivity index (χ1) is 14.7. The number of amides is 1. The van der Waals surface area contributed by atoms with Crippen LogP contribution in [-0.2, 0) is 11.3 Å². The third-order valence-corrected chi connectivity index (χ3v) is 5.71. The highest BCUT2D eigenvalue weighted by Crippen LogP contribution is 2.23. The Labute approximate surface area is 172 Å². The van der Waals surface area contributed by atoms with Crippen LogP contribution >= 0.6 is 0 Å². The summed E-state index contributed by atoms with van der Waals surface area (Å²) in [6, 6.07) is 8.97. The first-order valence-electron chi connectivity index (χ1n) is 10.3. The van der Waals surface area contributed by atoms with E-state index in [-0.39, 0.29) is 18.6 Å². The second-order valence-electron chi connectivity index (χ2n) is 7.70. The van der Waals surface area contributed by atoms with Gasteiger partial charge in [-0.3, -0.25) is 9.36 Å². The molecule has 1 aromatic carbocycles. The molecule has 2 saturated heterocycles. The summed E-state index contributed by atoms with van der Waals surface area (Å²) in [6.07, 6.45) is 4.46. The van der Waals surface area contributed by atoms with Gasteiger partial charge in [-0.2, -0.15) is 0 Å². The van der Waals surface area contributed by atoms with Crippen molar-refractivity contribution in [2.45, 2.75) is 31.9 Å². The van der Waals surface area contributed by atoms with Crippen molar-refractivity contribution in [3.8, 4) is 5.88 Å². The Morgan fingerprint density at radius 2 is 2.00 bits per heavy atom. The summed E-state index contributed by atoms with van der Waals surface area (Å²) in [5.74, 6) is 0.764. The fraction of sp³-hybridized carbons (Fsp3) is 0.429. The van der Waals surface area contributed by atoms with Crippen LogP contribution in [0.3, 0.4) is 0 Å². The molecule has 3 aromatic rings. The topological polar surface area (TPSA) is 93.7 Å². The molecule has 30 heavy (non-hydrogen) atoms. The molecule has 5 rings (SSSR count).